The van der Waals surface area contributed by atoms with E-state index in [0.29, 0.717) is 5.75 Å². The Morgan fingerprint density at radius 2 is 1.95 bits per heavy atom. The first-order valence-corrected chi connectivity index (χ1v) is 5.52. The van der Waals surface area contributed by atoms with Gasteiger partial charge in [-0.1, -0.05) is 5.16 Å². The fourth-order valence-corrected chi connectivity index (χ4v) is 1.44. The molecule has 9 heteroatoms. The molecule has 1 aromatic carbocycles. The van der Waals surface area contributed by atoms with Crippen molar-refractivity contribution in [3.8, 4) is 17.3 Å². The van der Waals surface area contributed by atoms with Crippen LogP contribution in [-0.4, -0.2) is 20.5 Å². The molecule has 0 amide bonds. The molecule has 0 radical (unpaired) electrons. The molecule has 0 aliphatic carbocycles. The molecule has 0 atom stereocenters. The van der Waals surface area contributed by atoms with Crippen molar-refractivity contribution in [2.24, 2.45) is 0 Å². The SMILES string of the molecule is Nc1nonc1-c1noc(COc2ccc(F)cc2)n1. The normalized spacial score (nSPS) is 10.7. The lowest BCUT2D eigenvalue weighted by atomic mass is 10.3. The van der Waals surface area contributed by atoms with Crippen molar-refractivity contribution in [1.82, 2.24) is 20.5 Å². The predicted octanol–water partition coefficient (Wildman–Crippen LogP) is 1.42. The van der Waals surface area contributed by atoms with Crippen LogP contribution in [0.15, 0.2) is 33.4 Å². The van der Waals surface area contributed by atoms with Gasteiger partial charge in [0.25, 0.3) is 5.89 Å². The topological polar surface area (TPSA) is 113 Å². The molecule has 3 rings (SSSR count). The van der Waals surface area contributed by atoms with E-state index in [1.54, 1.807) is 0 Å². The van der Waals surface area contributed by atoms with Gasteiger partial charge in [-0.15, -0.1) is 0 Å². The van der Waals surface area contributed by atoms with Crippen molar-refractivity contribution in [2.75, 3.05) is 5.73 Å². The number of rotatable bonds is 4. The Bertz CT molecular complexity index is 709. The second kappa shape index (κ2) is 4.96. The van der Waals surface area contributed by atoms with Crippen LogP contribution in [0.3, 0.4) is 0 Å². The Labute approximate surface area is 111 Å². The summed E-state index contributed by atoms with van der Waals surface area (Å²) >= 11 is 0. The summed E-state index contributed by atoms with van der Waals surface area (Å²) < 4.78 is 27.5. The Hall–Kier alpha value is -2.97. The number of nitrogen functional groups attached to an aromatic ring is 1. The van der Waals surface area contributed by atoms with Gasteiger partial charge in [-0.2, -0.15) is 4.98 Å². The van der Waals surface area contributed by atoms with Gasteiger partial charge in [-0.05, 0) is 34.6 Å². The first-order chi connectivity index (χ1) is 9.72. The Morgan fingerprint density at radius 1 is 1.15 bits per heavy atom. The maximum Gasteiger partial charge on any atom is 0.264 e. The van der Waals surface area contributed by atoms with Gasteiger partial charge < -0.3 is 15.0 Å². The minimum absolute atomic E-state index is 0.0316. The molecule has 2 N–H and O–H groups in total. The number of hydrogen-bond acceptors (Lipinski definition) is 8. The summed E-state index contributed by atoms with van der Waals surface area (Å²) in [4.78, 5) is 4.03. The summed E-state index contributed by atoms with van der Waals surface area (Å²) in [6, 6.07) is 5.56. The van der Waals surface area contributed by atoms with E-state index < -0.39 is 0 Å². The number of nitrogens with two attached hydrogens (primary N) is 1. The molecular formula is C11H8FN5O3. The molecule has 0 saturated heterocycles. The molecule has 0 fully saturated rings. The highest BCUT2D eigenvalue weighted by atomic mass is 19.1. The highest BCUT2D eigenvalue weighted by molar-refractivity contribution is 5.61. The van der Waals surface area contributed by atoms with Gasteiger partial charge in [0.05, 0.1) is 0 Å². The second-order valence-electron chi connectivity index (χ2n) is 3.75. The van der Waals surface area contributed by atoms with Gasteiger partial charge in [-0.3, -0.25) is 0 Å². The van der Waals surface area contributed by atoms with E-state index in [0.717, 1.165) is 0 Å². The molecule has 0 bridgehead atoms. The zero-order chi connectivity index (χ0) is 13.9. The van der Waals surface area contributed by atoms with Crippen molar-refractivity contribution in [1.29, 1.82) is 0 Å². The molecule has 20 heavy (non-hydrogen) atoms. The Balaban J connectivity index is 1.69. The van der Waals surface area contributed by atoms with Gasteiger partial charge in [-0.25, -0.2) is 9.02 Å². The number of benzene rings is 1. The third-order valence-electron chi connectivity index (χ3n) is 2.37. The number of halogens is 1. The summed E-state index contributed by atoms with van der Waals surface area (Å²) in [6.07, 6.45) is 0. The first kappa shape index (κ1) is 12.1. The molecule has 0 spiro atoms. The van der Waals surface area contributed by atoms with Gasteiger partial charge in [0.2, 0.25) is 5.82 Å². The average molecular weight is 277 g/mol. The van der Waals surface area contributed by atoms with E-state index in [2.05, 4.69) is 25.1 Å². The summed E-state index contributed by atoms with van der Waals surface area (Å²) in [5, 5.41) is 10.6. The minimum atomic E-state index is -0.341. The average Bonchev–Trinajstić information content (AvgIpc) is 3.06. The smallest absolute Gasteiger partial charge is 0.264 e. The molecule has 3 aromatic rings. The van der Waals surface area contributed by atoms with E-state index in [1.807, 2.05) is 0 Å². The first-order valence-electron chi connectivity index (χ1n) is 5.52. The van der Waals surface area contributed by atoms with Crippen molar-refractivity contribution in [3.05, 3.63) is 36.0 Å². The molecule has 8 nitrogen and oxygen atoms in total. The summed E-state index contributed by atoms with van der Waals surface area (Å²) in [7, 11) is 0. The minimum Gasteiger partial charge on any atom is -0.484 e. The largest absolute Gasteiger partial charge is 0.484 e. The fourth-order valence-electron chi connectivity index (χ4n) is 1.44. The zero-order valence-corrected chi connectivity index (χ0v) is 9.99. The Morgan fingerprint density at radius 3 is 2.65 bits per heavy atom. The van der Waals surface area contributed by atoms with E-state index >= 15 is 0 Å². The molecule has 102 valence electrons. The summed E-state index contributed by atoms with van der Waals surface area (Å²) in [6.45, 7) is 0.0316. The van der Waals surface area contributed by atoms with Crippen LogP contribution in [0.4, 0.5) is 10.2 Å². The molecule has 0 saturated carbocycles. The lowest BCUT2D eigenvalue weighted by molar-refractivity contribution is 0.242. The predicted molar refractivity (Wildman–Crippen MR) is 62.7 cm³/mol. The maximum atomic E-state index is 12.7. The van der Waals surface area contributed by atoms with Crippen molar-refractivity contribution < 1.29 is 18.3 Å². The number of ether oxygens (including phenoxy) is 1. The van der Waals surface area contributed by atoms with E-state index in [4.69, 9.17) is 15.0 Å². The van der Waals surface area contributed by atoms with Gasteiger partial charge in [0.1, 0.15) is 11.6 Å². The third kappa shape index (κ3) is 2.41. The second-order valence-corrected chi connectivity index (χ2v) is 3.75. The third-order valence-corrected chi connectivity index (χ3v) is 2.37. The highest BCUT2D eigenvalue weighted by Gasteiger charge is 2.16. The van der Waals surface area contributed by atoms with Crippen LogP contribution in [0, 0.1) is 5.82 Å². The molecule has 0 aliphatic heterocycles. The number of nitrogens with zero attached hydrogens (tertiary/aromatic N) is 4. The van der Waals surface area contributed by atoms with Crippen LogP contribution in [0.5, 0.6) is 5.75 Å². The van der Waals surface area contributed by atoms with Crippen LogP contribution >= 0.6 is 0 Å². The van der Waals surface area contributed by atoms with Crippen molar-refractivity contribution in [3.63, 3.8) is 0 Å². The van der Waals surface area contributed by atoms with Crippen LogP contribution in [0.1, 0.15) is 5.89 Å². The Kier molecular flexibility index (Phi) is 2.99. The monoisotopic (exact) mass is 277 g/mol. The van der Waals surface area contributed by atoms with E-state index in [9.17, 15) is 4.39 Å². The van der Waals surface area contributed by atoms with E-state index in [-0.39, 0.29) is 35.7 Å². The number of hydrogen-bond donors (Lipinski definition) is 1. The molecule has 0 aliphatic rings. The summed E-state index contributed by atoms with van der Waals surface area (Å²) in [5.41, 5.74) is 5.70. The molecule has 2 heterocycles. The standard InChI is InChI=1S/C11H8FN5O3/c12-6-1-3-7(4-2-6)18-5-8-14-11(17-19-8)9-10(13)16-20-15-9/h1-4H,5H2,(H2,13,16). The van der Waals surface area contributed by atoms with Crippen LogP contribution in [-0.2, 0) is 6.61 Å². The van der Waals surface area contributed by atoms with Crippen LogP contribution in [0.25, 0.3) is 11.5 Å². The lowest BCUT2D eigenvalue weighted by Gasteiger charge is -2.01. The lowest BCUT2D eigenvalue weighted by Crippen LogP contribution is -1.96. The van der Waals surface area contributed by atoms with Crippen molar-refractivity contribution >= 4 is 5.82 Å². The van der Waals surface area contributed by atoms with Crippen LogP contribution < -0.4 is 10.5 Å². The molecular weight excluding hydrogens is 269 g/mol. The van der Waals surface area contributed by atoms with Gasteiger partial charge in [0, 0.05) is 0 Å². The van der Waals surface area contributed by atoms with Gasteiger partial charge >= 0.3 is 0 Å². The molecule has 0 unspecified atom stereocenters. The fraction of sp³-hybridized carbons (Fsp3) is 0.0909. The van der Waals surface area contributed by atoms with E-state index in [1.165, 1.54) is 24.3 Å². The maximum absolute atomic E-state index is 12.7. The summed E-state index contributed by atoms with van der Waals surface area (Å²) in [5.74, 6) is 0.574. The number of anilines is 1. The molecule has 2 aromatic heterocycles. The van der Waals surface area contributed by atoms with Gasteiger partial charge in [0.15, 0.2) is 18.1 Å². The number of aromatic nitrogens is 4. The van der Waals surface area contributed by atoms with Crippen molar-refractivity contribution in [2.45, 2.75) is 6.61 Å². The zero-order valence-electron chi connectivity index (χ0n) is 9.99. The highest BCUT2D eigenvalue weighted by Crippen LogP contribution is 2.19. The quantitative estimate of drug-likeness (QED) is 0.761. The van der Waals surface area contributed by atoms with Crippen LogP contribution in [0.2, 0.25) is 0 Å².